The largest absolute Gasteiger partial charge is 0.0591 e. The van der Waals surface area contributed by atoms with E-state index in [2.05, 4.69) is 68.5 Å². The van der Waals surface area contributed by atoms with E-state index in [-0.39, 0.29) is 0 Å². The summed E-state index contributed by atoms with van der Waals surface area (Å²) >= 11 is 2.41. The monoisotopic (exact) mass is 314 g/mol. The lowest BCUT2D eigenvalue weighted by Gasteiger charge is -2.47. The van der Waals surface area contributed by atoms with E-state index in [9.17, 15) is 0 Å². The zero-order chi connectivity index (χ0) is 11.3. The number of halogens is 1. The smallest absolute Gasteiger partial charge is 0.0133 e. The molecule has 0 saturated heterocycles. The van der Waals surface area contributed by atoms with Gasteiger partial charge in [-0.2, -0.15) is 0 Å². The Hall–Kier alpha value is -0.0500. The molecule has 0 heterocycles. The molecule has 0 N–H and O–H groups in total. The zero-order valence-corrected chi connectivity index (χ0v) is 12.2. The fourth-order valence-corrected chi connectivity index (χ4v) is 3.06. The van der Waals surface area contributed by atoms with Gasteiger partial charge in [0.1, 0.15) is 0 Å². The van der Waals surface area contributed by atoms with E-state index in [4.69, 9.17) is 0 Å². The van der Waals surface area contributed by atoms with E-state index in [0.717, 1.165) is 0 Å². The molecule has 0 saturated carbocycles. The van der Waals surface area contributed by atoms with Crippen LogP contribution in [0.1, 0.15) is 45.2 Å². The van der Waals surface area contributed by atoms with Crippen molar-refractivity contribution in [2.75, 3.05) is 0 Å². The summed E-state index contributed by atoms with van der Waals surface area (Å²) in [6.07, 6.45) is 2.54. The molecule has 1 aromatic rings. The van der Waals surface area contributed by atoms with Crippen molar-refractivity contribution in [3.63, 3.8) is 0 Å². The van der Waals surface area contributed by atoms with E-state index in [0.29, 0.717) is 10.8 Å². The molecule has 0 atom stereocenters. The molecule has 0 bridgehead atoms. The van der Waals surface area contributed by atoms with Gasteiger partial charge < -0.3 is 0 Å². The predicted octanol–water partition coefficient (Wildman–Crippen LogP) is 4.54. The summed E-state index contributed by atoms with van der Waals surface area (Å²) in [4.78, 5) is 0. The lowest BCUT2D eigenvalue weighted by molar-refractivity contribution is 0.165. The molecule has 0 aromatic heterocycles. The molecule has 15 heavy (non-hydrogen) atoms. The summed E-state index contributed by atoms with van der Waals surface area (Å²) in [7, 11) is 0. The van der Waals surface area contributed by atoms with E-state index < -0.39 is 0 Å². The van der Waals surface area contributed by atoms with Crippen LogP contribution in [0.2, 0.25) is 0 Å². The van der Waals surface area contributed by atoms with Gasteiger partial charge in [0.2, 0.25) is 0 Å². The Bertz CT molecular complexity index is 388. The van der Waals surface area contributed by atoms with E-state index >= 15 is 0 Å². The van der Waals surface area contributed by atoms with Gasteiger partial charge in [-0.3, -0.25) is 0 Å². The fourth-order valence-electron chi connectivity index (χ4n) is 2.50. The SMILES string of the molecule is CC1(C)CCc2cc(I)ccc2C1(C)C. The minimum absolute atomic E-state index is 0.297. The van der Waals surface area contributed by atoms with Crippen LogP contribution in [-0.2, 0) is 11.8 Å². The van der Waals surface area contributed by atoms with Crippen molar-refractivity contribution in [3.8, 4) is 0 Å². The van der Waals surface area contributed by atoms with E-state index in [1.54, 1.807) is 11.1 Å². The minimum Gasteiger partial charge on any atom is -0.0591 e. The van der Waals surface area contributed by atoms with Gasteiger partial charge in [-0.15, -0.1) is 0 Å². The molecule has 0 amide bonds. The highest BCUT2D eigenvalue weighted by atomic mass is 127. The number of hydrogen-bond donors (Lipinski definition) is 0. The van der Waals surface area contributed by atoms with Gasteiger partial charge in [0, 0.05) is 3.57 Å². The average molecular weight is 314 g/mol. The molecule has 0 aliphatic heterocycles. The van der Waals surface area contributed by atoms with Crippen molar-refractivity contribution in [2.45, 2.75) is 46.0 Å². The van der Waals surface area contributed by atoms with Crippen molar-refractivity contribution in [1.82, 2.24) is 0 Å². The van der Waals surface area contributed by atoms with Crippen LogP contribution in [0.15, 0.2) is 18.2 Å². The maximum Gasteiger partial charge on any atom is 0.0133 e. The van der Waals surface area contributed by atoms with Crippen LogP contribution in [0.3, 0.4) is 0 Å². The van der Waals surface area contributed by atoms with E-state index in [1.807, 2.05) is 0 Å². The normalized spacial score (nSPS) is 22.2. The van der Waals surface area contributed by atoms with Crippen molar-refractivity contribution in [3.05, 3.63) is 32.9 Å². The zero-order valence-electron chi connectivity index (χ0n) is 10.0. The fraction of sp³-hybridized carbons (Fsp3) is 0.571. The molecule has 0 radical (unpaired) electrons. The highest BCUT2D eigenvalue weighted by Gasteiger charge is 2.42. The number of fused-ring (bicyclic) bond motifs is 1. The van der Waals surface area contributed by atoms with Crippen LogP contribution >= 0.6 is 22.6 Å². The molecular formula is C14H19I. The Morgan fingerprint density at radius 2 is 1.80 bits per heavy atom. The Morgan fingerprint density at radius 1 is 1.13 bits per heavy atom. The molecular weight excluding hydrogens is 295 g/mol. The summed E-state index contributed by atoms with van der Waals surface area (Å²) < 4.78 is 1.36. The summed E-state index contributed by atoms with van der Waals surface area (Å²) in [6.45, 7) is 9.57. The van der Waals surface area contributed by atoms with Gasteiger partial charge in [-0.1, -0.05) is 33.8 Å². The highest BCUT2D eigenvalue weighted by Crippen LogP contribution is 2.49. The molecule has 0 fully saturated rings. The Morgan fingerprint density at radius 3 is 2.47 bits per heavy atom. The first-order valence-corrected chi connectivity index (χ1v) is 6.71. The predicted molar refractivity (Wildman–Crippen MR) is 74.3 cm³/mol. The standard InChI is InChI=1S/C14H19I/c1-13(2)8-7-10-9-11(15)5-6-12(10)14(13,3)4/h5-6,9H,7-8H2,1-4H3. The van der Waals surface area contributed by atoms with Gasteiger partial charge in [-0.25, -0.2) is 0 Å². The second-order valence-corrected chi connectivity index (χ2v) is 7.06. The van der Waals surface area contributed by atoms with Crippen LogP contribution in [0.4, 0.5) is 0 Å². The van der Waals surface area contributed by atoms with Gasteiger partial charge in [0.15, 0.2) is 0 Å². The third-order valence-corrected chi connectivity index (χ3v) is 5.12. The lowest BCUT2D eigenvalue weighted by Crippen LogP contribution is -2.41. The highest BCUT2D eigenvalue weighted by molar-refractivity contribution is 14.1. The topological polar surface area (TPSA) is 0 Å². The molecule has 0 unspecified atom stereocenters. The van der Waals surface area contributed by atoms with Crippen molar-refractivity contribution in [1.29, 1.82) is 0 Å². The Kier molecular flexibility index (Phi) is 2.65. The summed E-state index contributed by atoms with van der Waals surface area (Å²) in [5, 5.41) is 0. The number of benzene rings is 1. The average Bonchev–Trinajstić information content (AvgIpc) is 2.12. The van der Waals surface area contributed by atoms with Crippen molar-refractivity contribution >= 4 is 22.6 Å². The van der Waals surface area contributed by atoms with Crippen LogP contribution < -0.4 is 0 Å². The Balaban J connectivity index is 2.58. The first kappa shape index (κ1) is 11.4. The quantitative estimate of drug-likeness (QED) is 0.617. The maximum absolute atomic E-state index is 2.41. The molecule has 0 nitrogen and oxygen atoms in total. The van der Waals surface area contributed by atoms with Gasteiger partial charge in [0.05, 0.1) is 0 Å². The van der Waals surface area contributed by atoms with E-state index in [1.165, 1.54) is 16.4 Å². The number of rotatable bonds is 0. The minimum atomic E-state index is 0.297. The molecule has 1 heteroatoms. The summed E-state index contributed by atoms with van der Waals surface area (Å²) in [5.41, 5.74) is 3.82. The first-order valence-electron chi connectivity index (χ1n) is 5.63. The van der Waals surface area contributed by atoms with Crippen molar-refractivity contribution < 1.29 is 0 Å². The molecule has 0 spiro atoms. The first-order chi connectivity index (χ1) is 6.84. The van der Waals surface area contributed by atoms with Gasteiger partial charge in [-0.05, 0) is 69.5 Å². The van der Waals surface area contributed by atoms with Gasteiger partial charge >= 0.3 is 0 Å². The summed E-state index contributed by atoms with van der Waals surface area (Å²) in [5.74, 6) is 0. The van der Waals surface area contributed by atoms with Crippen LogP contribution in [-0.4, -0.2) is 0 Å². The summed E-state index contributed by atoms with van der Waals surface area (Å²) in [6, 6.07) is 6.92. The van der Waals surface area contributed by atoms with Crippen LogP contribution in [0.25, 0.3) is 0 Å². The molecule has 1 aliphatic carbocycles. The third-order valence-electron chi connectivity index (χ3n) is 4.45. The second kappa shape index (κ2) is 3.47. The molecule has 82 valence electrons. The number of aryl methyl sites for hydroxylation is 1. The molecule has 2 rings (SSSR count). The molecule has 1 aromatic carbocycles. The Labute approximate surface area is 107 Å². The number of hydrogen-bond acceptors (Lipinski definition) is 0. The second-order valence-electron chi connectivity index (χ2n) is 5.81. The van der Waals surface area contributed by atoms with Gasteiger partial charge in [0.25, 0.3) is 0 Å². The van der Waals surface area contributed by atoms with Crippen LogP contribution in [0, 0.1) is 8.99 Å². The lowest BCUT2D eigenvalue weighted by atomic mass is 9.57. The third kappa shape index (κ3) is 1.73. The maximum atomic E-state index is 2.41. The van der Waals surface area contributed by atoms with Crippen LogP contribution in [0.5, 0.6) is 0 Å². The van der Waals surface area contributed by atoms with Crippen molar-refractivity contribution in [2.24, 2.45) is 5.41 Å². The molecule has 1 aliphatic rings.